The molecule has 1 heterocycles. The van der Waals surface area contributed by atoms with Crippen molar-refractivity contribution in [2.24, 2.45) is 0 Å². The fraction of sp³-hybridized carbons (Fsp3) is 0.533. The smallest absolute Gasteiger partial charge is 0.417 e. The molecule has 0 aromatic heterocycles. The number of carbonyl (C=O) groups excluding carboxylic acids is 1. The summed E-state index contributed by atoms with van der Waals surface area (Å²) in [5, 5.41) is 9.61. The lowest BCUT2D eigenvalue weighted by Crippen LogP contribution is -2.54. The summed E-state index contributed by atoms with van der Waals surface area (Å²) in [6, 6.07) is 3.84. The Hall–Kier alpha value is -1.83. The van der Waals surface area contributed by atoms with Crippen molar-refractivity contribution >= 4 is 5.91 Å². The van der Waals surface area contributed by atoms with Crippen LogP contribution in [0.5, 0.6) is 5.75 Å². The lowest BCUT2D eigenvalue weighted by Gasteiger charge is -2.39. The van der Waals surface area contributed by atoms with Crippen molar-refractivity contribution in [3.05, 3.63) is 29.6 Å². The Morgan fingerprint density at radius 3 is 2.48 bits per heavy atom. The predicted molar refractivity (Wildman–Crippen MR) is 73.7 cm³/mol. The molecule has 2 rings (SSSR count). The van der Waals surface area contributed by atoms with Crippen molar-refractivity contribution in [1.82, 2.24) is 4.90 Å². The molecule has 1 saturated heterocycles. The van der Waals surface area contributed by atoms with E-state index in [2.05, 4.69) is 0 Å². The molecule has 1 aliphatic rings. The molecule has 8 heteroatoms. The number of para-hydroxylation sites is 1. The van der Waals surface area contributed by atoms with E-state index in [4.69, 9.17) is 4.74 Å². The molecule has 1 aromatic carbocycles. The number of ether oxygens (including phenoxy) is 1. The Balaban J connectivity index is 2.16. The van der Waals surface area contributed by atoms with Crippen LogP contribution in [-0.4, -0.2) is 47.4 Å². The van der Waals surface area contributed by atoms with Crippen molar-refractivity contribution < 1.29 is 32.2 Å². The van der Waals surface area contributed by atoms with Gasteiger partial charge in [0, 0.05) is 25.9 Å². The van der Waals surface area contributed by atoms with Crippen LogP contribution in [0.2, 0.25) is 0 Å². The van der Waals surface area contributed by atoms with Gasteiger partial charge in [-0.1, -0.05) is 6.07 Å². The molecule has 1 aromatic rings. The minimum atomic E-state index is -4.74. The Morgan fingerprint density at radius 2 is 1.96 bits per heavy atom. The largest absolute Gasteiger partial charge is 0.490 e. The van der Waals surface area contributed by atoms with Gasteiger partial charge in [-0.3, -0.25) is 4.79 Å². The third-order valence-electron chi connectivity index (χ3n) is 3.89. The topological polar surface area (TPSA) is 49.8 Å². The molecule has 1 fully saturated rings. The minimum absolute atomic E-state index is 0.0377. The van der Waals surface area contributed by atoms with Gasteiger partial charge in [0.25, 0.3) is 5.91 Å². The Kier molecular flexibility index (Phi) is 4.84. The highest BCUT2D eigenvalue weighted by molar-refractivity contribution is 5.97. The summed E-state index contributed by atoms with van der Waals surface area (Å²) in [4.78, 5) is 13.6. The average Bonchev–Trinajstić information content (AvgIpc) is 2.48. The van der Waals surface area contributed by atoms with E-state index in [1.807, 2.05) is 0 Å². The van der Waals surface area contributed by atoms with Crippen LogP contribution in [0.1, 0.15) is 30.1 Å². The summed E-state index contributed by atoms with van der Waals surface area (Å²) in [6.07, 6.45) is -5.96. The molecule has 1 N–H and O–H groups in total. The quantitative estimate of drug-likeness (QED) is 0.864. The normalized spacial score (nSPS) is 17.9. The van der Waals surface area contributed by atoms with Crippen LogP contribution in [0.25, 0.3) is 0 Å². The summed E-state index contributed by atoms with van der Waals surface area (Å²) in [5.41, 5.74) is -2.82. The van der Waals surface area contributed by atoms with E-state index in [0.29, 0.717) is 0 Å². The van der Waals surface area contributed by atoms with Crippen LogP contribution >= 0.6 is 0 Å². The Bertz CT molecular complexity index is 581. The molecule has 1 amide bonds. The van der Waals surface area contributed by atoms with Crippen molar-refractivity contribution in [3.63, 3.8) is 0 Å². The van der Waals surface area contributed by atoms with Crippen molar-refractivity contribution in [1.29, 1.82) is 0 Å². The van der Waals surface area contributed by atoms with Crippen LogP contribution in [0.15, 0.2) is 18.2 Å². The number of aliphatic hydroxyl groups is 1. The molecule has 0 bridgehead atoms. The Labute approximate surface area is 130 Å². The summed E-state index contributed by atoms with van der Waals surface area (Å²) in [7, 11) is 0. The third-order valence-corrected chi connectivity index (χ3v) is 3.89. The van der Waals surface area contributed by atoms with E-state index in [1.165, 1.54) is 12.1 Å². The number of hydrogen-bond donors (Lipinski definition) is 1. The van der Waals surface area contributed by atoms with Crippen LogP contribution < -0.4 is 4.74 Å². The number of halogens is 4. The predicted octanol–water partition coefficient (Wildman–Crippen LogP) is 2.75. The van der Waals surface area contributed by atoms with Gasteiger partial charge in [0.1, 0.15) is 0 Å². The number of likely N-dealkylation sites (tertiary alicyclic amines) is 1. The molecule has 4 nitrogen and oxygen atoms in total. The number of amides is 1. The molecule has 0 atom stereocenters. The summed E-state index contributed by atoms with van der Waals surface area (Å²) < 4.78 is 57.2. The first kappa shape index (κ1) is 17.5. The molecule has 23 heavy (non-hydrogen) atoms. The van der Waals surface area contributed by atoms with Gasteiger partial charge in [-0.05, 0) is 19.1 Å². The summed E-state index contributed by atoms with van der Waals surface area (Å²) in [5.74, 6) is -1.53. The number of hydrogen-bond acceptors (Lipinski definition) is 3. The molecule has 128 valence electrons. The fourth-order valence-electron chi connectivity index (χ4n) is 2.50. The van der Waals surface area contributed by atoms with E-state index in [9.17, 15) is 27.5 Å². The summed E-state index contributed by atoms with van der Waals surface area (Å²) >= 11 is 0. The second kappa shape index (κ2) is 6.35. The van der Waals surface area contributed by atoms with Gasteiger partial charge in [0.2, 0.25) is 0 Å². The maximum atomic E-state index is 13.8. The maximum absolute atomic E-state index is 13.8. The third kappa shape index (κ3) is 3.41. The molecule has 0 spiro atoms. The highest BCUT2D eigenvalue weighted by Gasteiger charge is 2.55. The molecule has 1 aliphatic heterocycles. The zero-order valence-electron chi connectivity index (χ0n) is 12.5. The second-order valence-electron chi connectivity index (χ2n) is 5.37. The van der Waals surface area contributed by atoms with E-state index in [1.54, 1.807) is 6.92 Å². The van der Waals surface area contributed by atoms with Crippen LogP contribution in [0.3, 0.4) is 0 Å². The van der Waals surface area contributed by atoms with Gasteiger partial charge < -0.3 is 14.7 Å². The van der Waals surface area contributed by atoms with Gasteiger partial charge in [-0.25, -0.2) is 4.39 Å². The molecule has 0 aliphatic carbocycles. The number of alkyl halides is 3. The van der Waals surface area contributed by atoms with Crippen LogP contribution in [0.4, 0.5) is 17.6 Å². The zero-order chi connectivity index (χ0) is 17.3. The van der Waals surface area contributed by atoms with Crippen molar-refractivity contribution in [3.8, 4) is 5.75 Å². The van der Waals surface area contributed by atoms with Crippen LogP contribution in [0, 0.1) is 5.82 Å². The number of carbonyl (C=O) groups is 1. The first-order chi connectivity index (χ1) is 10.7. The Morgan fingerprint density at radius 1 is 1.35 bits per heavy atom. The molecule has 0 unspecified atom stereocenters. The fourth-order valence-corrected chi connectivity index (χ4v) is 2.50. The highest BCUT2D eigenvalue weighted by atomic mass is 19.4. The van der Waals surface area contributed by atoms with E-state index in [0.717, 1.165) is 11.0 Å². The first-order valence-corrected chi connectivity index (χ1v) is 7.19. The molecule has 0 radical (unpaired) electrons. The van der Waals surface area contributed by atoms with E-state index in [-0.39, 0.29) is 31.0 Å². The number of nitrogens with zero attached hydrogens (tertiary/aromatic N) is 1. The maximum Gasteiger partial charge on any atom is 0.417 e. The summed E-state index contributed by atoms with van der Waals surface area (Å²) in [6.45, 7) is 1.24. The number of piperidine rings is 1. The van der Waals surface area contributed by atoms with Crippen LogP contribution in [-0.2, 0) is 0 Å². The van der Waals surface area contributed by atoms with Gasteiger partial charge in [-0.15, -0.1) is 0 Å². The highest BCUT2D eigenvalue weighted by Crippen LogP contribution is 2.38. The number of rotatable bonds is 3. The second-order valence-corrected chi connectivity index (χ2v) is 5.37. The van der Waals surface area contributed by atoms with E-state index < -0.39 is 36.3 Å². The monoisotopic (exact) mass is 335 g/mol. The van der Waals surface area contributed by atoms with E-state index >= 15 is 0 Å². The minimum Gasteiger partial charge on any atom is -0.490 e. The lowest BCUT2D eigenvalue weighted by atomic mass is 9.90. The zero-order valence-corrected chi connectivity index (χ0v) is 12.5. The van der Waals surface area contributed by atoms with Gasteiger partial charge in [-0.2, -0.15) is 13.2 Å². The van der Waals surface area contributed by atoms with Gasteiger partial charge in [0.05, 0.1) is 12.2 Å². The van der Waals surface area contributed by atoms with Gasteiger partial charge >= 0.3 is 6.18 Å². The van der Waals surface area contributed by atoms with Crippen molar-refractivity contribution in [2.45, 2.75) is 31.5 Å². The average molecular weight is 335 g/mol. The molecular formula is C15H17F4NO3. The number of benzene rings is 1. The standard InChI is InChI=1S/C15H17F4NO3/c1-2-23-12-10(4-3-5-11(12)16)13(21)20-8-6-14(22,7-9-20)15(17,18)19/h3-5,22H,2,6-9H2,1H3. The SMILES string of the molecule is CCOc1c(F)cccc1C(=O)N1CCC(O)(C(F)(F)F)CC1. The van der Waals surface area contributed by atoms with Gasteiger partial charge in [0.15, 0.2) is 17.2 Å². The van der Waals surface area contributed by atoms with Crippen molar-refractivity contribution in [2.75, 3.05) is 19.7 Å². The lowest BCUT2D eigenvalue weighted by molar-refractivity contribution is -0.271. The first-order valence-electron chi connectivity index (χ1n) is 7.19. The molecule has 0 saturated carbocycles. The molecular weight excluding hydrogens is 318 g/mol.